The van der Waals surface area contributed by atoms with Crippen LogP contribution in [0.5, 0.6) is 0 Å². The molecule has 94 valence electrons. The van der Waals surface area contributed by atoms with Crippen LogP contribution in [0.1, 0.15) is 56.0 Å². The molecule has 0 bridgehead atoms. The highest BCUT2D eigenvalue weighted by molar-refractivity contribution is 5.12. The topological polar surface area (TPSA) is 38.1 Å². The Morgan fingerprint density at radius 1 is 1.24 bits per heavy atom. The Balaban J connectivity index is 1.77. The minimum Gasteiger partial charge on any atom is -0.396 e. The highest BCUT2D eigenvalue weighted by atomic mass is 16.3. The van der Waals surface area contributed by atoms with Gasteiger partial charge >= 0.3 is 0 Å². The Hall–Kier alpha value is -0.830. The van der Waals surface area contributed by atoms with E-state index in [0.717, 1.165) is 19.4 Å². The van der Waals surface area contributed by atoms with E-state index in [0.29, 0.717) is 18.4 Å². The Morgan fingerprint density at radius 3 is 2.82 bits per heavy atom. The van der Waals surface area contributed by atoms with Crippen LogP contribution in [0, 0.1) is 5.92 Å². The molecule has 0 radical (unpaired) electrons. The van der Waals surface area contributed by atoms with Gasteiger partial charge in [-0.25, -0.2) is 4.98 Å². The zero-order chi connectivity index (χ0) is 11.7. The van der Waals surface area contributed by atoms with E-state index in [9.17, 15) is 5.11 Å². The summed E-state index contributed by atoms with van der Waals surface area (Å²) >= 11 is 0. The second kappa shape index (κ2) is 4.81. The van der Waals surface area contributed by atoms with Crippen LogP contribution in [0.4, 0.5) is 0 Å². The minimum absolute atomic E-state index is 0.316. The molecule has 1 N–H and O–H groups in total. The monoisotopic (exact) mass is 234 g/mol. The van der Waals surface area contributed by atoms with Crippen molar-refractivity contribution in [2.75, 3.05) is 6.61 Å². The molecule has 1 aromatic rings. The molecule has 1 aliphatic heterocycles. The third kappa shape index (κ3) is 2.25. The van der Waals surface area contributed by atoms with Gasteiger partial charge in [-0.2, -0.15) is 0 Å². The van der Waals surface area contributed by atoms with E-state index in [-0.39, 0.29) is 0 Å². The molecule has 1 aromatic heterocycles. The molecule has 1 saturated carbocycles. The highest BCUT2D eigenvalue weighted by Crippen LogP contribution is 2.33. The smallest absolute Gasteiger partial charge is 0.108 e. The third-order valence-corrected chi connectivity index (χ3v) is 4.39. The van der Waals surface area contributed by atoms with Gasteiger partial charge in [0.2, 0.25) is 0 Å². The number of hydrogen-bond donors (Lipinski definition) is 1. The highest BCUT2D eigenvalue weighted by Gasteiger charge is 2.23. The van der Waals surface area contributed by atoms with Crippen molar-refractivity contribution in [3.05, 3.63) is 17.7 Å². The van der Waals surface area contributed by atoms with Crippen LogP contribution in [0.3, 0.4) is 0 Å². The van der Waals surface area contributed by atoms with E-state index in [1.54, 1.807) is 0 Å². The summed E-state index contributed by atoms with van der Waals surface area (Å²) in [5.74, 6) is 2.39. The third-order valence-electron chi connectivity index (χ3n) is 4.39. The van der Waals surface area contributed by atoms with Crippen LogP contribution in [0.25, 0.3) is 0 Å². The number of fused-ring (bicyclic) bond motifs is 1. The van der Waals surface area contributed by atoms with Gasteiger partial charge in [-0.15, -0.1) is 0 Å². The molecule has 0 amide bonds. The van der Waals surface area contributed by atoms with Gasteiger partial charge in [0.15, 0.2) is 0 Å². The standard InChI is InChI=1S/C14H22N2O/c17-10-11-6-7-14-15-13(9-16(14)8-11)12-4-2-1-3-5-12/h9,11-12,17H,1-8,10H2. The molecular weight excluding hydrogens is 212 g/mol. The zero-order valence-electron chi connectivity index (χ0n) is 10.4. The maximum Gasteiger partial charge on any atom is 0.108 e. The fourth-order valence-electron chi connectivity index (χ4n) is 3.28. The molecule has 1 unspecified atom stereocenters. The summed E-state index contributed by atoms with van der Waals surface area (Å²) in [6.45, 7) is 1.28. The fourth-order valence-corrected chi connectivity index (χ4v) is 3.28. The fraction of sp³-hybridized carbons (Fsp3) is 0.786. The summed E-state index contributed by atoms with van der Waals surface area (Å²) in [5.41, 5.74) is 1.32. The van der Waals surface area contributed by atoms with Gasteiger partial charge in [0.05, 0.1) is 5.69 Å². The lowest BCUT2D eigenvalue weighted by atomic mass is 9.87. The predicted molar refractivity (Wildman–Crippen MR) is 66.9 cm³/mol. The van der Waals surface area contributed by atoms with Crippen molar-refractivity contribution in [2.45, 2.75) is 57.4 Å². The van der Waals surface area contributed by atoms with Gasteiger partial charge in [0.25, 0.3) is 0 Å². The van der Waals surface area contributed by atoms with Crippen molar-refractivity contribution in [1.82, 2.24) is 9.55 Å². The van der Waals surface area contributed by atoms with E-state index in [1.165, 1.54) is 43.6 Å². The number of imidazole rings is 1. The van der Waals surface area contributed by atoms with Crippen molar-refractivity contribution >= 4 is 0 Å². The maximum atomic E-state index is 9.24. The Kier molecular flexibility index (Phi) is 3.19. The van der Waals surface area contributed by atoms with Gasteiger partial charge in [0.1, 0.15) is 5.82 Å². The van der Waals surface area contributed by atoms with E-state index >= 15 is 0 Å². The maximum absolute atomic E-state index is 9.24. The first kappa shape index (κ1) is 11.3. The van der Waals surface area contributed by atoms with Crippen LogP contribution < -0.4 is 0 Å². The number of nitrogens with zero attached hydrogens (tertiary/aromatic N) is 2. The average molecular weight is 234 g/mol. The molecule has 1 atom stereocenters. The van der Waals surface area contributed by atoms with Gasteiger partial charge in [-0.05, 0) is 19.3 Å². The molecular formula is C14H22N2O. The van der Waals surface area contributed by atoms with Gasteiger partial charge in [-0.1, -0.05) is 19.3 Å². The normalized spacial score (nSPS) is 25.8. The number of aliphatic hydroxyl groups excluding tert-OH is 1. The molecule has 1 aliphatic carbocycles. The second-order valence-corrected chi connectivity index (χ2v) is 5.66. The number of hydrogen-bond acceptors (Lipinski definition) is 2. The lowest BCUT2D eigenvalue weighted by molar-refractivity contribution is 0.190. The zero-order valence-corrected chi connectivity index (χ0v) is 10.4. The first-order valence-corrected chi connectivity index (χ1v) is 7.03. The van der Waals surface area contributed by atoms with Crippen LogP contribution >= 0.6 is 0 Å². The van der Waals surface area contributed by atoms with Gasteiger partial charge in [-0.3, -0.25) is 0 Å². The van der Waals surface area contributed by atoms with Crippen LogP contribution in [0.15, 0.2) is 6.20 Å². The first-order valence-electron chi connectivity index (χ1n) is 7.03. The Bertz CT molecular complexity index is 380. The predicted octanol–water partition coefficient (Wildman–Crippen LogP) is 2.49. The summed E-state index contributed by atoms with van der Waals surface area (Å²) in [6, 6.07) is 0. The first-order chi connectivity index (χ1) is 8.36. The van der Waals surface area contributed by atoms with E-state index in [1.807, 2.05) is 0 Å². The van der Waals surface area contributed by atoms with Crippen molar-refractivity contribution in [3.63, 3.8) is 0 Å². The molecule has 1 fully saturated rings. The average Bonchev–Trinajstić information content (AvgIpc) is 2.82. The van der Waals surface area contributed by atoms with Gasteiger partial charge in [0, 0.05) is 37.6 Å². The molecule has 3 rings (SSSR count). The number of rotatable bonds is 2. The number of aromatic nitrogens is 2. The SMILES string of the molecule is OCC1CCc2nc(C3CCCCC3)cn2C1. The van der Waals surface area contributed by atoms with E-state index in [2.05, 4.69) is 10.8 Å². The molecule has 2 aliphatic rings. The number of aryl methyl sites for hydroxylation is 1. The summed E-state index contributed by atoms with van der Waals surface area (Å²) in [5, 5.41) is 9.24. The summed E-state index contributed by atoms with van der Waals surface area (Å²) in [7, 11) is 0. The van der Waals surface area contributed by atoms with Crippen molar-refractivity contribution in [2.24, 2.45) is 5.92 Å². The summed E-state index contributed by atoms with van der Waals surface area (Å²) in [6.07, 6.45) is 11.2. The van der Waals surface area contributed by atoms with Crippen molar-refractivity contribution < 1.29 is 5.11 Å². The quantitative estimate of drug-likeness (QED) is 0.853. The molecule has 0 aromatic carbocycles. The van der Waals surface area contributed by atoms with E-state index < -0.39 is 0 Å². The van der Waals surface area contributed by atoms with Crippen LogP contribution in [0.2, 0.25) is 0 Å². The summed E-state index contributed by atoms with van der Waals surface area (Å²) < 4.78 is 2.29. The molecule has 2 heterocycles. The minimum atomic E-state index is 0.316. The number of aliphatic hydroxyl groups is 1. The lowest BCUT2D eigenvalue weighted by Gasteiger charge is -2.21. The van der Waals surface area contributed by atoms with Crippen molar-refractivity contribution in [3.8, 4) is 0 Å². The van der Waals surface area contributed by atoms with Crippen molar-refractivity contribution in [1.29, 1.82) is 0 Å². The van der Waals surface area contributed by atoms with E-state index in [4.69, 9.17) is 4.98 Å². The van der Waals surface area contributed by atoms with Crippen LogP contribution in [-0.2, 0) is 13.0 Å². The largest absolute Gasteiger partial charge is 0.396 e. The summed E-state index contributed by atoms with van der Waals surface area (Å²) in [4.78, 5) is 4.82. The second-order valence-electron chi connectivity index (χ2n) is 5.66. The lowest BCUT2D eigenvalue weighted by Crippen LogP contribution is -2.22. The molecule has 3 nitrogen and oxygen atoms in total. The molecule has 3 heteroatoms. The molecule has 0 saturated heterocycles. The van der Waals surface area contributed by atoms with Gasteiger partial charge < -0.3 is 9.67 Å². The Labute approximate surface area is 103 Å². The Morgan fingerprint density at radius 2 is 2.06 bits per heavy atom. The molecule has 17 heavy (non-hydrogen) atoms. The van der Waals surface area contributed by atoms with Crippen LogP contribution in [-0.4, -0.2) is 21.3 Å². The molecule has 0 spiro atoms.